The standard InChI is InChI=1S/C15H25N3S/c1-10-5-4-6-18(9-10)14-17-12-8-15(2,3)7-11(16)13(12)19-14/h10-11H,4-9,16H2,1-3H3. The Kier molecular flexibility index (Phi) is 3.34. The van der Waals surface area contributed by atoms with Crippen LogP contribution >= 0.6 is 11.3 Å². The summed E-state index contributed by atoms with van der Waals surface area (Å²) in [6, 6.07) is 0.187. The van der Waals surface area contributed by atoms with Crippen LogP contribution in [0.3, 0.4) is 0 Å². The fraction of sp³-hybridized carbons (Fsp3) is 0.800. The van der Waals surface area contributed by atoms with Gasteiger partial charge in [-0.05, 0) is 37.0 Å². The lowest BCUT2D eigenvalue weighted by atomic mass is 9.77. The highest BCUT2D eigenvalue weighted by Crippen LogP contribution is 2.44. The first-order valence-corrected chi connectivity index (χ1v) is 8.26. The van der Waals surface area contributed by atoms with E-state index in [2.05, 4.69) is 25.7 Å². The molecule has 3 nitrogen and oxygen atoms in total. The van der Waals surface area contributed by atoms with E-state index >= 15 is 0 Å². The average Bonchev–Trinajstić information content (AvgIpc) is 2.71. The van der Waals surface area contributed by atoms with Gasteiger partial charge in [0.1, 0.15) is 0 Å². The van der Waals surface area contributed by atoms with Gasteiger partial charge in [-0.2, -0.15) is 0 Å². The smallest absolute Gasteiger partial charge is 0.185 e. The highest BCUT2D eigenvalue weighted by molar-refractivity contribution is 7.15. The van der Waals surface area contributed by atoms with Gasteiger partial charge in [-0.1, -0.05) is 32.1 Å². The van der Waals surface area contributed by atoms with Gasteiger partial charge in [-0.15, -0.1) is 0 Å². The average molecular weight is 279 g/mol. The molecule has 1 aliphatic carbocycles. The third-order valence-electron chi connectivity index (χ3n) is 4.40. The molecule has 2 unspecified atom stereocenters. The summed E-state index contributed by atoms with van der Waals surface area (Å²) >= 11 is 1.84. The van der Waals surface area contributed by atoms with Crippen molar-refractivity contribution in [3.63, 3.8) is 0 Å². The van der Waals surface area contributed by atoms with Crippen molar-refractivity contribution < 1.29 is 0 Å². The maximum absolute atomic E-state index is 6.34. The van der Waals surface area contributed by atoms with Crippen LogP contribution in [0.25, 0.3) is 0 Å². The minimum Gasteiger partial charge on any atom is -0.348 e. The largest absolute Gasteiger partial charge is 0.348 e. The zero-order chi connectivity index (χ0) is 13.6. The number of rotatable bonds is 1. The highest BCUT2D eigenvalue weighted by atomic mass is 32.1. The maximum atomic E-state index is 6.34. The molecule has 1 fully saturated rings. The molecule has 0 bridgehead atoms. The SMILES string of the molecule is CC1CCCN(c2nc3c(s2)C(N)CC(C)(C)C3)C1. The molecule has 2 heterocycles. The minimum atomic E-state index is 0.187. The van der Waals surface area contributed by atoms with Gasteiger partial charge in [0.2, 0.25) is 0 Å². The second kappa shape index (κ2) is 4.74. The third-order valence-corrected chi connectivity index (χ3v) is 5.69. The fourth-order valence-corrected chi connectivity index (χ4v) is 4.60. The molecule has 2 aliphatic rings. The van der Waals surface area contributed by atoms with Gasteiger partial charge in [0, 0.05) is 24.0 Å². The minimum absolute atomic E-state index is 0.187. The Morgan fingerprint density at radius 3 is 2.95 bits per heavy atom. The van der Waals surface area contributed by atoms with E-state index in [1.165, 1.54) is 28.5 Å². The normalized spacial score (nSPS) is 30.2. The van der Waals surface area contributed by atoms with Gasteiger partial charge in [0.15, 0.2) is 5.13 Å². The van der Waals surface area contributed by atoms with E-state index in [0.717, 1.165) is 31.8 Å². The molecule has 0 radical (unpaired) electrons. The number of hydrogen-bond donors (Lipinski definition) is 1. The van der Waals surface area contributed by atoms with Gasteiger partial charge in [0.05, 0.1) is 5.69 Å². The summed E-state index contributed by atoms with van der Waals surface area (Å²) in [5, 5.41) is 1.21. The number of nitrogens with zero attached hydrogens (tertiary/aromatic N) is 2. The number of hydrogen-bond acceptors (Lipinski definition) is 4. The van der Waals surface area contributed by atoms with Gasteiger partial charge in [-0.25, -0.2) is 4.98 Å². The Labute approximate surface area is 120 Å². The van der Waals surface area contributed by atoms with Crippen LogP contribution in [0, 0.1) is 11.3 Å². The Hall–Kier alpha value is -0.610. The summed E-state index contributed by atoms with van der Waals surface area (Å²) in [6.07, 6.45) is 4.81. The molecule has 19 heavy (non-hydrogen) atoms. The van der Waals surface area contributed by atoms with Crippen molar-refractivity contribution in [2.45, 2.75) is 52.5 Å². The molecule has 2 N–H and O–H groups in total. The Balaban J connectivity index is 1.86. The molecule has 2 atom stereocenters. The van der Waals surface area contributed by atoms with Gasteiger partial charge in [-0.3, -0.25) is 0 Å². The topological polar surface area (TPSA) is 42.2 Å². The summed E-state index contributed by atoms with van der Waals surface area (Å²) in [5.74, 6) is 0.791. The van der Waals surface area contributed by atoms with E-state index in [4.69, 9.17) is 10.7 Å². The number of thiazole rings is 1. The van der Waals surface area contributed by atoms with Crippen molar-refractivity contribution in [2.24, 2.45) is 17.1 Å². The zero-order valence-electron chi connectivity index (χ0n) is 12.3. The first-order chi connectivity index (χ1) is 8.94. The van der Waals surface area contributed by atoms with Crippen LogP contribution in [0.4, 0.5) is 5.13 Å². The second-order valence-electron chi connectivity index (χ2n) is 7.15. The predicted octanol–water partition coefficient (Wildman–Crippen LogP) is 3.35. The van der Waals surface area contributed by atoms with Crippen molar-refractivity contribution in [1.29, 1.82) is 0 Å². The molecule has 106 valence electrons. The molecule has 0 saturated carbocycles. The van der Waals surface area contributed by atoms with Crippen molar-refractivity contribution >= 4 is 16.5 Å². The quantitative estimate of drug-likeness (QED) is 0.857. The lowest BCUT2D eigenvalue weighted by molar-refractivity contribution is 0.282. The van der Waals surface area contributed by atoms with Crippen LogP contribution < -0.4 is 10.6 Å². The molecular formula is C15H25N3S. The molecule has 3 rings (SSSR count). The van der Waals surface area contributed by atoms with E-state index in [9.17, 15) is 0 Å². The molecule has 1 saturated heterocycles. The van der Waals surface area contributed by atoms with Crippen LogP contribution in [0.5, 0.6) is 0 Å². The third kappa shape index (κ3) is 2.65. The number of fused-ring (bicyclic) bond motifs is 1. The van der Waals surface area contributed by atoms with E-state index < -0.39 is 0 Å². The highest BCUT2D eigenvalue weighted by Gasteiger charge is 2.34. The summed E-state index contributed by atoms with van der Waals surface area (Å²) in [4.78, 5) is 8.73. The first-order valence-electron chi connectivity index (χ1n) is 7.45. The zero-order valence-corrected chi connectivity index (χ0v) is 13.1. The predicted molar refractivity (Wildman–Crippen MR) is 81.8 cm³/mol. The summed E-state index contributed by atoms with van der Waals surface area (Å²) in [6.45, 7) is 9.27. The van der Waals surface area contributed by atoms with Crippen LogP contribution in [-0.2, 0) is 6.42 Å². The summed E-state index contributed by atoms with van der Waals surface area (Å²) in [5.41, 5.74) is 7.91. The Morgan fingerprint density at radius 2 is 2.21 bits per heavy atom. The molecule has 0 amide bonds. The lowest BCUT2D eigenvalue weighted by Crippen LogP contribution is -2.34. The number of anilines is 1. The van der Waals surface area contributed by atoms with E-state index in [0.29, 0.717) is 5.41 Å². The van der Waals surface area contributed by atoms with E-state index in [1.54, 1.807) is 0 Å². The molecule has 4 heteroatoms. The van der Waals surface area contributed by atoms with E-state index in [1.807, 2.05) is 11.3 Å². The van der Waals surface area contributed by atoms with Gasteiger partial charge < -0.3 is 10.6 Å². The number of aromatic nitrogens is 1. The van der Waals surface area contributed by atoms with Crippen LogP contribution in [0.1, 0.15) is 56.6 Å². The molecule has 1 aliphatic heterocycles. The molecule has 1 aromatic rings. The van der Waals surface area contributed by atoms with Crippen LogP contribution in [-0.4, -0.2) is 18.1 Å². The fourth-order valence-electron chi connectivity index (χ4n) is 3.48. The van der Waals surface area contributed by atoms with E-state index in [-0.39, 0.29) is 6.04 Å². The lowest BCUT2D eigenvalue weighted by Gasteiger charge is -2.32. The van der Waals surface area contributed by atoms with Crippen molar-refractivity contribution in [3.8, 4) is 0 Å². The first kappa shape index (κ1) is 13.4. The monoisotopic (exact) mass is 279 g/mol. The molecule has 1 aromatic heterocycles. The Bertz CT molecular complexity index is 466. The van der Waals surface area contributed by atoms with Crippen molar-refractivity contribution in [2.75, 3.05) is 18.0 Å². The summed E-state index contributed by atoms with van der Waals surface area (Å²) in [7, 11) is 0. The van der Waals surface area contributed by atoms with Crippen molar-refractivity contribution in [3.05, 3.63) is 10.6 Å². The number of piperidine rings is 1. The Morgan fingerprint density at radius 1 is 1.42 bits per heavy atom. The number of nitrogens with two attached hydrogens (primary N) is 1. The van der Waals surface area contributed by atoms with Gasteiger partial charge in [0.25, 0.3) is 0 Å². The molecular weight excluding hydrogens is 254 g/mol. The maximum Gasteiger partial charge on any atom is 0.185 e. The summed E-state index contributed by atoms with van der Waals surface area (Å²) < 4.78 is 0. The molecule has 0 aromatic carbocycles. The van der Waals surface area contributed by atoms with Crippen LogP contribution in [0.2, 0.25) is 0 Å². The van der Waals surface area contributed by atoms with Crippen LogP contribution in [0.15, 0.2) is 0 Å². The van der Waals surface area contributed by atoms with Gasteiger partial charge >= 0.3 is 0 Å². The second-order valence-corrected chi connectivity index (χ2v) is 8.16. The molecule has 0 spiro atoms. The van der Waals surface area contributed by atoms with Crippen molar-refractivity contribution in [1.82, 2.24) is 4.98 Å².